The summed E-state index contributed by atoms with van der Waals surface area (Å²) in [5.41, 5.74) is 0.601. The van der Waals surface area contributed by atoms with E-state index in [9.17, 15) is 13.3 Å². The van der Waals surface area contributed by atoms with Crippen molar-refractivity contribution in [1.82, 2.24) is 30.1 Å². The lowest BCUT2D eigenvalue weighted by Crippen LogP contribution is -2.21. The molecule has 3 aromatic heterocycles. The van der Waals surface area contributed by atoms with Crippen LogP contribution in [-0.4, -0.2) is 53.0 Å². The summed E-state index contributed by atoms with van der Waals surface area (Å²) in [4.78, 5) is 17.2. The number of nitrogens with zero attached hydrogens (tertiary/aromatic N) is 6. The maximum atomic E-state index is 12.9. The number of hydrogen-bond donors (Lipinski definition) is 0. The summed E-state index contributed by atoms with van der Waals surface area (Å²) in [5.74, 6) is -2.14. The molecule has 0 aliphatic carbocycles. The van der Waals surface area contributed by atoms with Crippen molar-refractivity contribution in [1.29, 1.82) is 0 Å². The van der Waals surface area contributed by atoms with E-state index < -0.39 is 23.7 Å². The smallest absolute Gasteiger partial charge is 0.278 e. The third kappa shape index (κ3) is 4.93. The van der Waals surface area contributed by atoms with Crippen molar-refractivity contribution in [2.45, 2.75) is 24.7 Å². The summed E-state index contributed by atoms with van der Waals surface area (Å²) < 4.78 is 43.1. The van der Waals surface area contributed by atoms with Gasteiger partial charge in [-0.3, -0.25) is 0 Å². The first-order valence-electron chi connectivity index (χ1n) is 8.25. The summed E-state index contributed by atoms with van der Waals surface area (Å²) in [7, 11) is 0. The van der Waals surface area contributed by atoms with Crippen LogP contribution in [0.2, 0.25) is 0 Å². The van der Waals surface area contributed by atoms with Gasteiger partial charge in [0.1, 0.15) is 17.1 Å². The lowest BCUT2D eigenvalue weighted by molar-refractivity contribution is -0.0244. The lowest BCUT2D eigenvalue weighted by atomic mass is 10.2. The van der Waals surface area contributed by atoms with Crippen molar-refractivity contribution in [2.24, 2.45) is 0 Å². The minimum Gasteiger partial charge on any atom is -0.611 e. The van der Waals surface area contributed by atoms with Gasteiger partial charge >= 0.3 is 0 Å². The van der Waals surface area contributed by atoms with Crippen molar-refractivity contribution in [3.05, 3.63) is 36.8 Å². The van der Waals surface area contributed by atoms with Crippen LogP contribution in [0.1, 0.15) is 13.8 Å². The minimum atomic E-state index is -2.98. The largest absolute Gasteiger partial charge is 0.611 e. The number of rotatable bonds is 7. The van der Waals surface area contributed by atoms with Crippen LogP contribution in [0.4, 0.5) is 8.78 Å². The molecule has 0 aliphatic heterocycles. The molecule has 0 N–H and O–H groups in total. The average molecular weight is 406 g/mol. The predicted molar refractivity (Wildman–Crippen MR) is 97.1 cm³/mol. The van der Waals surface area contributed by atoms with Crippen molar-refractivity contribution in [2.75, 3.05) is 12.4 Å². The molecule has 0 saturated carbocycles. The molecule has 28 heavy (non-hydrogen) atoms. The van der Waals surface area contributed by atoms with Gasteiger partial charge in [0.05, 0.1) is 6.20 Å². The molecule has 1 atom stereocenters. The van der Waals surface area contributed by atoms with E-state index in [1.807, 2.05) is 0 Å². The maximum Gasteiger partial charge on any atom is 0.278 e. The van der Waals surface area contributed by atoms with Gasteiger partial charge in [-0.2, -0.15) is 0 Å². The van der Waals surface area contributed by atoms with Crippen LogP contribution in [0.5, 0.6) is 5.88 Å². The molecule has 3 heterocycles. The van der Waals surface area contributed by atoms with Gasteiger partial charge in [0.2, 0.25) is 5.88 Å². The van der Waals surface area contributed by atoms with E-state index in [0.717, 1.165) is 6.92 Å². The van der Waals surface area contributed by atoms with Gasteiger partial charge in [0.25, 0.3) is 5.92 Å². The third-order valence-electron chi connectivity index (χ3n) is 3.38. The molecular weight excluding hydrogens is 390 g/mol. The summed E-state index contributed by atoms with van der Waals surface area (Å²) in [6, 6.07) is 4.56. The first kappa shape index (κ1) is 20.0. The van der Waals surface area contributed by atoms with Gasteiger partial charge in [-0.05, 0) is 30.2 Å². The first-order chi connectivity index (χ1) is 13.4. The van der Waals surface area contributed by atoms with Gasteiger partial charge in [-0.15, -0.1) is 10.2 Å². The normalized spacial score (nSPS) is 12.6. The number of ether oxygens (including phenoxy) is 1. The molecule has 0 saturated heterocycles. The second kappa shape index (κ2) is 8.48. The highest BCUT2D eigenvalue weighted by Gasteiger charge is 2.24. The molecule has 146 valence electrons. The fraction of sp³-hybridized carbons (Fsp3) is 0.294. The Kier molecular flexibility index (Phi) is 6.05. The van der Waals surface area contributed by atoms with Crippen LogP contribution in [0, 0.1) is 0 Å². The Labute approximate surface area is 162 Å². The Balaban J connectivity index is 1.96. The second-order valence-corrected chi connectivity index (χ2v) is 7.44. The zero-order valence-corrected chi connectivity index (χ0v) is 15.9. The summed E-state index contributed by atoms with van der Waals surface area (Å²) in [6.07, 6.45) is 4.55. The predicted octanol–water partition coefficient (Wildman–Crippen LogP) is 2.55. The second-order valence-electron chi connectivity index (χ2n) is 5.73. The highest BCUT2D eigenvalue weighted by Crippen LogP contribution is 2.26. The molecule has 1 unspecified atom stereocenters. The van der Waals surface area contributed by atoms with Gasteiger partial charge in [-0.1, -0.05) is 0 Å². The summed E-state index contributed by atoms with van der Waals surface area (Å²) in [5, 5.41) is 7.77. The van der Waals surface area contributed by atoms with E-state index in [1.54, 1.807) is 25.4 Å². The van der Waals surface area contributed by atoms with Crippen LogP contribution >= 0.6 is 0 Å². The fourth-order valence-corrected chi connectivity index (χ4v) is 2.97. The van der Waals surface area contributed by atoms with E-state index in [2.05, 4.69) is 30.1 Å². The Morgan fingerprint density at radius 1 is 1.11 bits per heavy atom. The van der Waals surface area contributed by atoms with Crippen molar-refractivity contribution in [3.8, 4) is 28.9 Å². The molecule has 0 fully saturated rings. The number of hydrogen-bond acceptors (Lipinski definition) is 8. The maximum absolute atomic E-state index is 12.9. The lowest BCUT2D eigenvalue weighted by Gasteiger charge is -2.13. The number of alkyl halides is 2. The zero-order chi connectivity index (χ0) is 20.1. The van der Waals surface area contributed by atoms with E-state index in [4.69, 9.17) is 4.74 Å². The van der Waals surface area contributed by atoms with Crippen LogP contribution in [0.15, 0.2) is 41.7 Å². The highest BCUT2D eigenvalue weighted by molar-refractivity contribution is 7.91. The van der Waals surface area contributed by atoms with Crippen LogP contribution in [0.3, 0.4) is 0 Å². The van der Waals surface area contributed by atoms with Gasteiger partial charge in [0, 0.05) is 25.4 Å². The van der Waals surface area contributed by atoms with E-state index in [0.29, 0.717) is 27.9 Å². The van der Waals surface area contributed by atoms with Gasteiger partial charge in [0.15, 0.2) is 23.2 Å². The molecule has 0 aliphatic rings. The van der Waals surface area contributed by atoms with E-state index in [1.165, 1.54) is 18.3 Å². The Morgan fingerprint density at radius 2 is 1.86 bits per heavy atom. The molecule has 0 radical (unpaired) electrons. The SMILES string of the molecule is CC[S+]([O-])c1cnc(-c2ncccn2)nc1-c1ccc(OCC(C)(F)F)nn1. The average Bonchev–Trinajstić information content (AvgIpc) is 2.72. The standard InChI is InChI=1S/C17H16F2N6O2S/c1-3-28(26)12-9-22-16(15-20-7-4-8-21-15)23-14(12)11-5-6-13(25-24-11)27-10-17(2,18)19/h4-9H,3,10H2,1-2H3. The zero-order valence-electron chi connectivity index (χ0n) is 15.0. The van der Waals surface area contributed by atoms with E-state index >= 15 is 0 Å². The van der Waals surface area contributed by atoms with E-state index in [-0.39, 0.29) is 11.7 Å². The van der Waals surface area contributed by atoms with Crippen LogP contribution < -0.4 is 4.74 Å². The first-order valence-corrected chi connectivity index (χ1v) is 9.57. The summed E-state index contributed by atoms with van der Waals surface area (Å²) in [6.45, 7) is 1.70. The summed E-state index contributed by atoms with van der Waals surface area (Å²) >= 11 is -1.35. The molecule has 0 aromatic carbocycles. The molecule has 0 spiro atoms. The number of halogens is 2. The molecular formula is C17H16F2N6O2S. The highest BCUT2D eigenvalue weighted by atomic mass is 32.2. The van der Waals surface area contributed by atoms with Gasteiger partial charge in [-0.25, -0.2) is 28.7 Å². The van der Waals surface area contributed by atoms with Crippen LogP contribution in [-0.2, 0) is 11.2 Å². The molecule has 0 amide bonds. The fourth-order valence-electron chi connectivity index (χ4n) is 2.12. The minimum absolute atomic E-state index is 0.0517. The Bertz CT molecular complexity index is 925. The molecule has 3 aromatic rings. The molecule has 0 bridgehead atoms. The monoisotopic (exact) mass is 406 g/mol. The van der Waals surface area contributed by atoms with Crippen LogP contribution in [0.25, 0.3) is 23.0 Å². The topological polar surface area (TPSA) is 110 Å². The quantitative estimate of drug-likeness (QED) is 0.551. The van der Waals surface area contributed by atoms with Crippen molar-refractivity contribution < 1.29 is 18.1 Å². The van der Waals surface area contributed by atoms with Crippen molar-refractivity contribution in [3.63, 3.8) is 0 Å². The molecule has 11 heteroatoms. The third-order valence-corrected chi connectivity index (χ3v) is 4.70. The Morgan fingerprint density at radius 3 is 2.46 bits per heavy atom. The van der Waals surface area contributed by atoms with Gasteiger partial charge < -0.3 is 9.29 Å². The molecule has 8 nitrogen and oxygen atoms in total. The molecule has 3 rings (SSSR count). The number of aromatic nitrogens is 6. The van der Waals surface area contributed by atoms with Crippen molar-refractivity contribution >= 4 is 11.2 Å². The Hall–Kier alpha value is -2.79.